The number of terminal acetylenes is 1. The van der Waals surface area contributed by atoms with Gasteiger partial charge in [-0.2, -0.15) is 0 Å². The van der Waals surface area contributed by atoms with E-state index in [2.05, 4.69) is 37.1 Å². The van der Waals surface area contributed by atoms with E-state index in [9.17, 15) is 0 Å². The Hall–Kier alpha value is -1.42. The quantitative estimate of drug-likeness (QED) is 0.672. The summed E-state index contributed by atoms with van der Waals surface area (Å²) in [5, 5.41) is 0. The predicted octanol–water partition coefficient (Wildman–Crippen LogP) is 4.85. The van der Waals surface area contributed by atoms with Gasteiger partial charge in [0.2, 0.25) is 0 Å². The molecular weight excluding hydrogens is 244 g/mol. The third kappa shape index (κ3) is 4.60. The lowest BCUT2D eigenvalue weighted by Gasteiger charge is -2.25. The van der Waals surface area contributed by atoms with Crippen LogP contribution in [0.5, 0.6) is 5.75 Å². The number of hydrogen-bond donors (Lipinski definition) is 0. The van der Waals surface area contributed by atoms with Crippen molar-refractivity contribution >= 4 is 0 Å². The normalized spacial score (nSPS) is 22.2. The topological polar surface area (TPSA) is 9.23 Å². The second kappa shape index (κ2) is 8.00. The Morgan fingerprint density at radius 3 is 2.45 bits per heavy atom. The third-order valence-corrected chi connectivity index (χ3v) is 4.32. The van der Waals surface area contributed by atoms with Crippen LogP contribution in [0.25, 0.3) is 0 Å². The highest BCUT2D eigenvalue weighted by atomic mass is 16.5. The highest BCUT2D eigenvalue weighted by molar-refractivity contribution is 5.27. The van der Waals surface area contributed by atoms with Crippen molar-refractivity contribution in [1.82, 2.24) is 0 Å². The van der Waals surface area contributed by atoms with Crippen LogP contribution in [0.15, 0.2) is 24.3 Å². The fourth-order valence-electron chi connectivity index (χ4n) is 2.96. The van der Waals surface area contributed by atoms with Gasteiger partial charge in [0.15, 0.2) is 0 Å². The predicted molar refractivity (Wildman–Crippen MR) is 84.8 cm³/mol. The molecule has 0 bridgehead atoms. The zero-order chi connectivity index (χ0) is 14.2. The van der Waals surface area contributed by atoms with Crippen molar-refractivity contribution in [2.24, 2.45) is 11.8 Å². The minimum absolute atomic E-state index is 0.543. The van der Waals surface area contributed by atoms with E-state index < -0.39 is 0 Å². The van der Waals surface area contributed by atoms with Crippen LogP contribution in [0.4, 0.5) is 0 Å². The molecule has 1 aliphatic carbocycles. The molecule has 1 saturated carbocycles. The van der Waals surface area contributed by atoms with Crippen LogP contribution in [0, 0.1) is 24.2 Å². The monoisotopic (exact) mass is 270 g/mol. The molecule has 1 nitrogen and oxygen atoms in total. The standard InChI is InChI=1S/C19H26O/c1-3-15-20-19-13-11-18(12-14-19)10-9-17-7-5-16(4-2)6-8-17/h2,11-14,16-17H,3,5-10,15H2,1H3. The summed E-state index contributed by atoms with van der Waals surface area (Å²) < 4.78 is 5.61. The molecule has 2 rings (SSSR count). The van der Waals surface area contributed by atoms with Crippen LogP contribution >= 0.6 is 0 Å². The molecule has 0 radical (unpaired) electrons. The second-order valence-corrected chi connectivity index (χ2v) is 5.92. The zero-order valence-electron chi connectivity index (χ0n) is 12.6. The molecule has 1 aromatic rings. The molecule has 0 aromatic heterocycles. The third-order valence-electron chi connectivity index (χ3n) is 4.32. The van der Waals surface area contributed by atoms with Gasteiger partial charge in [-0.25, -0.2) is 0 Å². The molecule has 0 saturated heterocycles. The average molecular weight is 270 g/mol. The molecule has 1 aromatic carbocycles. The van der Waals surface area contributed by atoms with Crippen molar-refractivity contribution in [3.05, 3.63) is 29.8 Å². The van der Waals surface area contributed by atoms with Crippen molar-refractivity contribution in [2.45, 2.75) is 51.9 Å². The van der Waals surface area contributed by atoms with Gasteiger partial charge in [0.1, 0.15) is 5.75 Å². The fourth-order valence-corrected chi connectivity index (χ4v) is 2.96. The molecule has 0 spiro atoms. The lowest BCUT2D eigenvalue weighted by molar-refractivity contribution is 0.301. The minimum Gasteiger partial charge on any atom is -0.494 e. The summed E-state index contributed by atoms with van der Waals surface area (Å²) in [5.74, 6) is 5.31. The molecule has 0 unspecified atom stereocenters. The van der Waals surface area contributed by atoms with Gasteiger partial charge in [-0.05, 0) is 68.6 Å². The largest absolute Gasteiger partial charge is 0.494 e. The fraction of sp³-hybridized carbons (Fsp3) is 0.579. The van der Waals surface area contributed by atoms with E-state index in [1.807, 2.05) is 0 Å². The number of hydrogen-bond acceptors (Lipinski definition) is 1. The van der Waals surface area contributed by atoms with Gasteiger partial charge < -0.3 is 4.74 Å². The minimum atomic E-state index is 0.543. The van der Waals surface area contributed by atoms with E-state index in [4.69, 9.17) is 11.2 Å². The highest BCUT2D eigenvalue weighted by Gasteiger charge is 2.19. The van der Waals surface area contributed by atoms with Gasteiger partial charge in [-0.3, -0.25) is 0 Å². The number of ether oxygens (including phenoxy) is 1. The lowest BCUT2D eigenvalue weighted by Crippen LogP contribution is -2.13. The van der Waals surface area contributed by atoms with Gasteiger partial charge in [0, 0.05) is 5.92 Å². The maximum atomic E-state index is 5.61. The van der Waals surface area contributed by atoms with E-state index >= 15 is 0 Å². The van der Waals surface area contributed by atoms with Crippen LogP contribution in [0.2, 0.25) is 0 Å². The first-order valence-corrected chi connectivity index (χ1v) is 7.99. The molecule has 0 aliphatic heterocycles. The Labute approximate surface area is 123 Å². The molecule has 108 valence electrons. The van der Waals surface area contributed by atoms with Crippen LogP contribution in [0.3, 0.4) is 0 Å². The maximum absolute atomic E-state index is 5.61. The van der Waals surface area contributed by atoms with Crippen molar-refractivity contribution < 1.29 is 4.74 Å². The van der Waals surface area contributed by atoms with Gasteiger partial charge >= 0.3 is 0 Å². The molecule has 0 amide bonds. The maximum Gasteiger partial charge on any atom is 0.119 e. The molecule has 0 atom stereocenters. The van der Waals surface area contributed by atoms with Crippen molar-refractivity contribution in [2.75, 3.05) is 6.61 Å². The Morgan fingerprint density at radius 2 is 1.85 bits per heavy atom. The molecule has 1 heteroatoms. The van der Waals surface area contributed by atoms with Gasteiger partial charge in [0.25, 0.3) is 0 Å². The van der Waals surface area contributed by atoms with Crippen LogP contribution < -0.4 is 4.74 Å². The number of aryl methyl sites for hydroxylation is 1. The molecule has 0 N–H and O–H groups in total. The molecular formula is C19H26O. The Balaban J connectivity index is 1.73. The molecule has 20 heavy (non-hydrogen) atoms. The first-order valence-electron chi connectivity index (χ1n) is 7.99. The Morgan fingerprint density at radius 1 is 1.15 bits per heavy atom. The Kier molecular flexibility index (Phi) is 5.99. The summed E-state index contributed by atoms with van der Waals surface area (Å²) in [7, 11) is 0. The van der Waals surface area contributed by atoms with Gasteiger partial charge in [-0.15, -0.1) is 12.3 Å². The summed E-state index contributed by atoms with van der Waals surface area (Å²) >= 11 is 0. The van der Waals surface area contributed by atoms with E-state index in [1.165, 1.54) is 44.1 Å². The van der Waals surface area contributed by atoms with E-state index in [-0.39, 0.29) is 0 Å². The second-order valence-electron chi connectivity index (χ2n) is 5.92. The van der Waals surface area contributed by atoms with E-state index in [1.54, 1.807) is 0 Å². The molecule has 1 aliphatic rings. The molecule has 1 fully saturated rings. The van der Waals surface area contributed by atoms with Crippen LogP contribution in [0.1, 0.15) is 51.0 Å². The smallest absolute Gasteiger partial charge is 0.119 e. The summed E-state index contributed by atoms with van der Waals surface area (Å²) in [6, 6.07) is 8.61. The van der Waals surface area contributed by atoms with Crippen LogP contribution in [-0.4, -0.2) is 6.61 Å². The van der Waals surface area contributed by atoms with Gasteiger partial charge in [0.05, 0.1) is 6.61 Å². The lowest BCUT2D eigenvalue weighted by atomic mass is 9.80. The molecule has 0 heterocycles. The van der Waals surface area contributed by atoms with E-state index in [0.717, 1.165) is 24.7 Å². The van der Waals surface area contributed by atoms with Crippen molar-refractivity contribution in [1.29, 1.82) is 0 Å². The summed E-state index contributed by atoms with van der Waals surface area (Å²) in [6.45, 7) is 2.93. The van der Waals surface area contributed by atoms with E-state index in [0.29, 0.717) is 5.92 Å². The van der Waals surface area contributed by atoms with Crippen LogP contribution in [-0.2, 0) is 6.42 Å². The first kappa shape index (κ1) is 15.0. The summed E-state index contributed by atoms with van der Waals surface area (Å²) in [4.78, 5) is 0. The van der Waals surface area contributed by atoms with Gasteiger partial charge in [-0.1, -0.05) is 19.1 Å². The summed E-state index contributed by atoms with van der Waals surface area (Å²) in [6.07, 6.45) is 14.1. The number of rotatable bonds is 6. The number of benzene rings is 1. The Bertz CT molecular complexity index is 418. The summed E-state index contributed by atoms with van der Waals surface area (Å²) in [5.41, 5.74) is 1.42. The highest BCUT2D eigenvalue weighted by Crippen LogP contribution is 2.31. The SMILES string of the molecule is C#CC1CCC(CCc2ccc(OCCC)cc2)CC1. The first-order chi connectivity index (χ1) is 9.81. The average Bonchev–Trinajstić information content (AvgIpc) is 2.52. The van der Waals surface area contributed by atoms with Crippen molar-refractivity contribution in [3.63, 3.8) is 0 Å². The zero-order valence-corrected chi connectivity index (χ0v) is 12.6. The van der Waals surface area contributed by atoms with Crippen molar-refractivity contribution in [3.8, 4) is 18.1 Å².